The van der Waals surface area contributed by atoms with Gasteiger partial charge in [0.05, 0.1) is 21.8 Å². The van der Waals surface area contributed by atoms with Crippen LogP contribution in [0.25, 0.3) is 0 Å². The smallest absolute Gasteiger partial charge is 0.166 e. The molecule has 0 atom stereocenters. The molecule has 246 valence electrons. The van der Waals surface area contributed by atoms with Gasteiger partial charge in [0.1, 0.15) is 24.8 Å². The summed E-state index contributed by atoms with van der Waals surface area (Å²) in [6.45, 7) is 0.532. The largest absolute Gasteiger partial charge is 0.747 e. The molecule has 6 rings (SSSR count). The van der Waals surface area contributed by atoms with Crippen molar-refractivity contribution >= 4 is 42.0 Å². The molecule has 0 spiro atoms. The highest BCUT2D eigenvalue weighted by molar-refractivity contribution is 8.03. The van der Waals surface area contributed by atoms with Gasteiger partial charge < -0.3 is 9.11 Å². The molecule has 0 unspecified atom stereocenters. The quantitative estimate of drug-likeness (QED) is 0.117. The Hall–Kier alpha value is -4.16. The van der Waals surface area contributed by atoms with Gasteiger partial charge in [0.2, 0.25) is 0 Å². The molecule has 0 aliphatic heterocycles. The second-order valence-electron chi connectivity index (χ2n) is 10.0. The zero-order valence-corrected chi connectivity index (χ0v) is 29.2. The van der Waals surface area contributed by atoms with E-state index in [-0.39, 0.29) is 21.8 Å². The van der Waals surface area contributed by atoms with Gasteiger partial charge in [0.15, 0.2) is 29.4 Å². The van der Waals surface area contributed by atoms with Crippen molar-refractivity contribution < 1.29 is 25.9 Å². The maximum Gasteiger partial charge on any atom is 0.166 e. The van der Waals surface area contributed by atoms with Crippen LogP contribution in [0.4, 0.5) is 0 Å². The van der Waals surface area contributed by atoms with Crippen LogP contribution in [0.1, 0.15) is 6.92 Å². The lowest BCUT2D eigenvalue weighted by Gasteiger charge is -2.18. The molecule has 0 heterocycles. The molecular formula is C38H34O6S4. The Morgan fingerprint density at radius 3 is 0.604 bits per heavy atom. The molecule has 0 bridgehead atoms. The molecule has 6 nitrogen and oxygen atoms in total. The average molecular weight is 715 g/mol. The molecule has 0 saturated heterocycles. The van der Waals surface area contributed by atoms with E-state index in [1.807, 2.05) is 0 Å². The lowest BCUT2D eigenvalue weighted by Crippen LogP contribution is -2.26. The van der Waals surface area contributed by atoms with Gasteiger partial charge in [0, 0.05) is 0 Å². The first kappa shape index (κ1) is 36.7. The highest BCUT2D eigenvalue weighted by Crippen LogP contribution is 2.31. The molecule has 6 aromatic carbocycles. The lowest BCUT2D eigenvalue weighted by atomic mass is 10.4. The molecule has 6 aromatic rings. The highest BCUT2D eigenvalue weighted by Gasteiger charge is 2.28. The second kappa shape index (κ2) is 17.8. The van der Waals surface area contributed by atoms with Crippen molar-refractivity contribution in [1.82, 2.24) is 0 Å². The van der Waals surface area contributed by atoms with E-state index in [0.717, 1.165) is 0 Å². The van der Waals surface area contributed by atoms with E-state index >= 15 is 0 Å². The molecule has 0 aliphatic carbocycles. The summed E-state index contributed by atoms with van der Waals surface area (Å²) in [6.07, 6.45) is 0. The fourth-order valence-electron chi connectivity index (χ4n) is 4.30. The molecular weight excluding hydrogens is 681 g/mol. The minimum atomic E-state index is -5.01. The van der Waals surface area contributed by atoms with Crippen LogP contribution in [0, 0.1) is 0 Å². The molecule has 10 heteroatoms. The fraction of sp³-hybridized carbons (Fsp3) is 0.0526. The Labute approximate surface area is 289 Å². The summed E-state index contributed by atoms with van der Waals surface area (Å²) in [5, 5.41) is 0. The van der Waals surface area contributed by atoms with E-state index in [4.69, 9.17) is 0 Å². The van der Waals surface area contributed by atoms with Gasteiger partial charge >= 0.3 is 0 Å². The third-order valence-corrected chi connectivity index (χ3v) is 14.2. The zero-order chi connectivity index (χ0) is 34.4. The lowest BCUT2D eigenvalue weighted by molar-refractivity contribution is 0.438. The van der Waals surface area contributed by atoms with E-state index in [9.17, 15) is 25.9 Å². The van der Waals surface area contributed by atoms with E-state index in [1.54, 1.807) is 0 Å². The topological polar surface area (TPSA) is 114 Å². The van der Waals surface area contributed by atoms with Crippen LogP contribution in [0.3, 0.4) is 0 Å². The Balaban J connectivity index is 0.000000172. The van der Waals surface area contributed by atoms with Gasteiger partial charge in [-0.25, -0.2) is 16.8 Å². The first-order valence-corrected chi connectivity index (χ1v) is 20.1. The van der Waals surface area contributed by atoms with Crippen LogP contribution in [0.15, 0.2) is 211 Å². The summed E-state index contributed by atoms with van der Waals surface area (Å²) >= 11 is 0. The average Bonchev–Trinajstić information content (AvgIpc) is 3.11. The SMILES string of the molecule is CC(S(=O)(=O)[O-])S(=O)(=O)[O-].c1ccc([S+](c2ccccc2)c2ccccc2)cc1.c1ccc([S+](c2ccccc2)c2ccccc2)cc1. The van der Waals surface area contributed by atoms with Gasteiger partial charge in [0.25, 0.3) is 0 Å². The van der Waals surface area contributed by atoms with Crippen LogP contribution in [-0.4, -0.2) is 30.5 Å². The van der Waals surface area contributed by atoms with Crippen LogP contribution in [-0.2, 0) is 42.0 Å². The van der Waals surface area contributed by atoms with Crippen molar-refractivity contribution in [2.45, 2.75) is 40.9 Å². The predicted octanol–water partition coefficient (Wildman–Crippen LogP) is 7.99. The molecule has 48 heavy (non-hydrogen) atoms. The highest BCUT2D eigenvalue weighted by atomic mass is 32.3. The maximum absolute atomic E-state index is 9.84. The number of hydrogen-bond acceptors (Lipinski definition) is 6. The normalized spacial score (nSPS) is 11.3. The van der Waals surface area contributed by atoms with Crippen molar-refractivity contribution in [2.75, 3.05) is 0 Å². The molecule has 0 amide bonds. The number of hydrogen-bond donors (Lipinski definition) is 0. The monoisotopic (exact) mass is 714 g/mol. The minimum absolute atomic E-state index is 0.0146. The van der Waals surface area contributed by atoms with E-state index < -0.39 is 24.8 Å². The summed E-state index contributed by atoms with van der Waals surface area (Å²) < 4.78 is 56.7. The maximum atomic E-state index is 9.84. The summed E-state index contributed by atoms with van der Waals surface area (Å²) in [5.41, 5.74) is 0. The second-order valence-corrected chi connectivity index (χ2v) is 17.8. The van der Waals surface area contributed by atoms with Crippen LogP contribution in [0.2, 0.25) is 0 Å². The van der Waals surface area contributed by atoms with Gasteiger partial charge in [-0.15, -0.1) is 0 Å². The van der Waals surface area contributed by atoms with Crippen molar-refractivity contribution in [2.24, 2.45) is 0 Å². The first-order valence-electron chi connectivity index (χ1n) is 14.7. The summed E-state index contributed by atoms with van der Waals surface area (Å²) in [7, 11) is -10.1. The van der Waals surface area contributed by atoms with Crippen molar-refractivity contribution in [3.8, 4) is 0 Å². The van der Waals surface area contributed by atoms with Crippen molar-refractivity contribution in [3.05, 3.63) is 182 Å². The van der Waals surface area contributed by atoms with Crippen molar-refractivity contribution in [1.29, 1.82) is 0 Å². The molecule has 0 N–H and O–H groups in total. The Bertz CT molecular complexity index is 1680. The van der Waals surface area contributed by atoms with Crippen molar-refractivity contribution in [3.63, 3.8) is 0 Å². The summed E-state index contributed by atoms with van der Waals surface area (Å²) in [5.74, 6) is 0. The minimum Gasteiger partial charge on any atom is -0.747 e. The number of benzene rings is 6. The summed E-state index contributed by atoms with van der Waals surface area (Å²) in [6, 6.07) is 64.3. The van der Waals surface area contributed by atoms with Gasteiger partial charge in [-0.3, -0.25) is 0 Å². The fourth-order valence-corrected chi connectivity index (χ4v) is 9.66. The van der Waals surface area contributed by atoms with Crippen LogP contribution >= 0.6 is 0 Å². The van der Waals surface area contributed by atoms with E-state index in [0.29, 0.717) is 6.92 Å². The van der Waals surface area contributed by atoms with Crippen LogP contribution < -0.4 is 0 Å². The predicted molar refractivity (Wildman–Crippen MR) is 192 cm³/mol. The Morgan fingerprint density at radius 1 is 0.354 bits per heavy atom. The molecule has 0 saturated carbocycles. The molecule has 0 aromatic heterocycles. The third-order valence-electron chi connectivity index (χ3n) is 6.69. The van der Waals surface area contributed by atoms with E-state index in [2.05, 4.69) is 182 Å². The first-order chi connectivity index (χ1) is 23.1. The zero-order valence-electron chi connectivity index (χ0n) is 26.0. The van der Waals surface area contributed by atoms with E-state index in [1.165, 1.54) is 29.4 Å². The Kier molecular flexibility index (Phi) is 13.6. The Morgan fingerprint density at radius 2 is 0.500 bits per heavy atom. The number of rotatable bonds is 8. The molecule has 0 radical (unpaired) electrons. The van der Waals surface area contributed by atoms with Crippen LogP contribution in [0.5, 0.6) is 0 Å². The molecule has 0 aliphatic rings. The molecule has 0 fully saturated rings. The van der Waals surface area contributed by atoms with Gasteiger partial charge in [-0.2, -0.15) is 0 Å². The standard InChI is InChI=1S/2C18H15S.C2H6O6S2/c2*1-4-10-16(11-5-1)19(17-12-6-2-7-13-17)18-14-8-3-9-15-18;1-2(9(3,4)5)10(6,7)8/h2*1-15H;2H,1H3,(H,3,4,5)(H,6,7,8)/q2*+1;/p-2. The third kappa shape index (κ3) is 10.9. The summed E-state index contributed by atoms with van der Waals surface area (Å²) in [4.78, 5) is 8.17. The van der Waals surface area contributed by atoms with Gasteiger partial charge in [-0.1, -0.05) is 109 Å². The van der Waals surface area contributed by atoms with Gasteiger partial charge in [-0.05, 0) is 79.7 Å².